The van der Waals surface area contributed by atoms with E-state index < -0.39 is 17.3 Å². The zero-order valence-electron chi connectivity index (χ0n) is 18.0. The molecular weight excluding hydrogens is 423 g/mol. The van der Waals surface area contributed by atoms with Gasteiger partial charge in [0, 0.05) is 49.7 Å². The van der Waals surface area contributed by atoms with Crippen molar-refractivity contribution >= 4 is 11.7 Å². The van der Waals surface area contributed by atoms with Crippen molar-refractivity contribution in [3.63, 3.8) is 0 Å². The van der Waals surface area contributed by atoms with Crippen LogP contribution in [0.2, 0.25) is 0 Å². The van der Waals surface area contributed by atoms with E-state index in [0.717, 1.165) is 11.6 Å². The van der Waals surface area contributed by atoms with E-state index in [4.69, 9.17) is 10.00 Å². The lowest BCUT2D eigenvalue weighted by Gasteiger charge is -2.45. The maximum atomic E-state index is 13.3. The highest BCUT2D eigenvalue weighted by molar-refractivity contribution is 5.75. The molecule has 10 heteroatoms. The molecule has 1 aromatic carbocycles. The van der Waals surface area contributed by atoms with Crippen molar-refractivity contribution in [2.75, 3.05) is 25.1 Å². The Bertz CT molecular complexity index is 1000. The van der Waals surface area contributed by atoms with E-state index in [0.29, 0.717) is 31.2 Å². The SMILES string of the molecule is COc1ccc(CNC(=O)N2C[C@@H](C)N(c3ccc(C#N)c(C(F)(F)F)c3)C[C@@H]2C)cn1. The van der Waals surface area contributed by atoms with E-state index >= 15 is 0 Å². The van der Waals surface area contributed by atoms with Gasteiger partial charge in [0.2, 0.25) is 5.88 Å². The summed E-state index contributed by atoms with van der Waals surface area (Å²) >= 11 is 0. The van der Waals surface area contributed by atoms with Crippen molar-refractivity contribution in [2.24, 2.45) is 0 Å². The summed E-state index contributed by atoms with van der Waals surface area (Å²) in [6, 6.07) is 8.13. The van der Waals surface area contributed by atoms with Gasteiger partial charge in [0.05, 0.1) is 24.3 Å². The summed E-state index contributed by atoms with van der Waals surface area (Å²) in [5.41, 5.74) is -0.172. The van der Waals surface area contributed by atoms with Crippen LogP contribution in [-0.4, -0.2) is 48.2 Å². The molecule has 2 atom stereocenters. The topological polar surface area (TPSA) is 81.5 Å². The number of hydrogen-bond acceptors (Lipinski definition) is 5. The number of nitrogens with one attached hydrogen (secondary N) is 1. The van der Waals surface area contributed by atoms with Gasteiger partial charge in [-0.2, -0.15) is 18.4 Å². The second-order valence-corrected chi connectivity index (χ2v) is 7.71. The average Bonchev–Trinajstić information content (AvgIpc) is 2.78. The molecule has 2 amide bonds. The van der Waals surface area contributed by atoms with Crippen LogP contribution in [0, 0.1) is 11.3 Å². The van der Waals surface area contributed by atoms with Crippen molar-refractivity contribution in [1.29, 1.82) is 5.26 Å². The lowest BCUT2D eigenvalue weighted by Crippen LogP contribution is -2.60. The highest BCUT2D eigenvalue weighted by Gasteiger charge is 2.36. The Morgan fingerprint density at radius 3 is 2.59 bits per heavy atom. The molecule has 1 N–H and O–H groups in total. The van der Waals surface area contributed by atoms with Gasteiger partial charge in [0.25, 0.3) is 0 Å². The third-order valence-electron chi connectivity index (χ3n) is 5.46. The largest absolute Gasteiger partial charge is 0.481 e. The Labute approximate surface area is 184 Å². The second-order valence-electron chi connectivity index (χ2n) is 7.71. The van der Waals surface area contributed by atoms with E-state index in [1.54, 1.807) is 29.3 Å². The van der Waals surface area contributed by atoms with Crippen molar-refractivity contribution in [2.45, 2.75) is 38.7 Å². The standard InChI is InChI=1S/C22H24F3N5O2/c1-14-13-30(21(31)28-11-16-4-7-20(32-3)27-10-16)15(2)12-29(14)18-6-5-17(9-26)19(8-18)22(23,24)25/h4-8,10,14-15H,11-13H2,1-3H3,(H,28,31)/t14-,15+/m1/s1. The molecule has 3 rings (SSSR count). The first-order valence-electron chi connectivity index (χ1n) is 10.1. The fourth-order valence-corrected chi connectivity index (χ4v) is 3.73. The van der Waals surface area contributed by atoms with Crippen molar-refractivity contribution in [3.05, 3.63) is 53.2 Å². The predicted molar refractivity (Wildman–Crippen MR) is 112 cm³/mol. The monoisotopic (exact) mass is 447 g/mol. The lowest BCUT2D eigenvalue weighted by atomic mass is 10.0. The third-order valence-corrected chi connectivity index (χ3v) is 5.46. The number of halogens is 3. The van der Waals surface area contributed by atoms with Gasteiger partial charge in [-0.25, -0.2) is 9.78 Å². The number of amides is 2. The number of urea groups is 1. The second kappa shape index (κ2) is 9.34. The minimum Gasteiger partial charge on any atom is -0.481 e. The van der Waals surface area contributed by atoms with Gasteiger partial charge in [-0.05, 0) is 37.6 Å². The Hall–Kier alpha value is -3.48. The van der Waals surface area contributed by atoms with Gasteiger partial charge in [0.1, 0.15) is 0 Å². The Balaban J connectivity index is 1.68. The van der Waals surface area contributed by atoms with Gasteiger partial charge in [0.15, 0.2) is 0 Å². The quantitative estimate of drug-likeness (QED) is 0.771. The van der Waals surface area contributed by atoms with Crippen LogP contribution in [0.25, 0.3) is 0 Å². The highest BCUT2D eigenvalue weighted by atomic mass is 19.4. The van der Waals surface area contributed by atoms with Gasteiger partial charge in [-0.3, -0.25) is 0 Å². The van der Waals surface area contributed by atoms with E-state index in [2.05, 4.69) is 10.3 Å². The summed E-state index contributed by atoms with van der Waals surface area (Å²) in [6.45, 7) is 4.70. The molecular formula is C22H24F3N5O2. The molecule has 1 aliphatic heterocycles. The summed E-state index contributed by atoms with van der Waals surface area (Å²) in [4.78, 5) is 20.3. The zero-order valence-corrected chi connectivity index (χ0v) is 18.0. The Morgan fingerprint density at radius 2 is 2.00 bits per heavy atom. The first kappa shape index (κ1) is 23.2. The minimum atomic E-state index is -4.62. The van der Waals surface area contributed by atoms with Crippen LogP contribution in [0.1, 0.15) is 30.5 Å². The normalized spacial score (nSPS) is 18.8. The van der Waals surface area contributed by atoms with Crippen molar-refractivity contribution < 1.29 is 22.7 Å². The molecule has 7 nitrogen and oxygen atoms in total. The van der Waals surface area contributed by atoms with Crippen LogP contribution < -0.4 is 15.0 Å². The molecule has 0 bridgehead atoms. The number of piperazine rings is 1. The number of benzene rings is 1. The molecule has 0 aliphatic carbocycles. The number of carbonyl (C=O) groups is 1. The van der Waals surface area contributed by atoms with Crippen LogP contribution >= 0.6 is 0 Å². The maximum absolute atomic E-state index is 13.3. The number of methoxy groups -OCH3 is 1. The molecule has 2 heterocycles. The van der Waals surface area contributed by atoms with Crippen molar-refractivity contribution in [1.82, 2.24) is 15.2 Å². The van der Waals surface area contributed by atoms with Crippen LogP contribution in [-0.2, 0) is 12.7 Å². The minimum absolute atomic E-state index is 0.214. The number of carbonyl (C=O) groups excluding carboxylic acids is 1. The fourth-order valence-electron chi connectivity index (χ4n) is 3.73. The zero-order chi connectivity index (χ0) is 23.5. The lowest BCUT2D eigenvalue weighted by molar-refractivity contribution is -0.137. The van der Waals surface area contributed by atoms with Gasteiger partial charge >= 0.3 is 12.2 Å². The number of aromatic nitrogens is 1. The van der Waals surface area contributed by atoms with Crippen LogP contribution in [0.5, 0.6) is 5.88 Å². The molecule has 0 unspecified atom stereocenters. The summed E-state index contributed by atoms with van der Waals surface area (Å²) < 4.78 is 45.1. The molecule has 0 saturated carbocycles. The van der Waals surface area contributed by atoms with Crippen LogP contribution in [0.15, 0.2) is 36.5 Å². The number of ether oxygens (including phenoxy) is 1. The van der Waals surface area contributed by atoms with E-state index in [1.165, 1.54) is 19.2 Å². The molecule has 0 spiro atoms. The molecule has 0 radical (unpaired) electrons. The Kier molecular flexibility index (Phi) is 6.77. The summed E-state index contributed by atoms with van der Waals surface area (Å²) in [5, 5.41) is 11.9. The number of alkyl halides is 3. The van der Waals surface area contributed by atoms with Gasteiger partial charge in [-0.15, -0.1) is 0 Å². The molecule has 1 fully saturated rings. The Morgan fingerprint density at radius 1 is 1.25 bits per heavy atom. The van der Waals surface area contributed by atoms with Crippen LogP contribution in [0.4, 0.5) is 23.7 Å². The van der Waals surface area contributed by atoms with Gasteiger partial charge < -0.3 is 19.9 Å². The van der Waals surface area contributed by atoms with E-state index in [-0.39, 0.29) is 18.1 Å². The predicted octanol–water partition coefficient (Wildman–Crippen LogP) is 3.79. The van der Waals surface area contributed by atoms with Crippen molar-refractivity contribution in [3.8, 4) is 11.9 Å². The van der Waals surface area contributed by atoms with Crippen LogP contribution in [0.3, 0.4) is 0 Å². The first-order valence-corrected chi connectivity index (χ1v) is 10.1. The summed E-state index contributed by atoms with van der Waals surface area (Å²) in [6.07, 6.45) is -3.00. The summed E-state index contributed by atoms with van der Waals surface area (Å²) in [5.74, 6) is 0.482. The number of pyridine rings is 1. The summed E-state index contributed by atoms with van der Waals surface area (Å²) in [7, 11) is 1.52. The molecule has 1 saturated heterocycles. The third kappa shape index (κ3) is 5.04. The fraction of sp³-hybridized carbons (Fsp3) is 0.409. The van der Waals surface area contributed by atoms with E-state index in [1.807, 2.05) is 18.7 Å². The number of anilines is 1. The van der Waals surface area contributed by atoms with Gasteiger partial charge in [-0.1, -0.05) is 6.07 Å². The molecule has 170 valence electrons. The maximum Gasteiger partial charge on any atom is 0.417 e. The molecule has 1 aliphatic rings. The number of nitriles is 1. The molecule has 1 aromatic heterocycles. The first-order chi connectivity index (χ1) is 15.1. The molecule has 32 heavy (non-hydrogen) atoms. The average molecular weight is 447 g/mol. The number of rotatable bonds is 4. The highest BCUT2D eigenvalue weighted by Crippen LogP contribution is 2.35. The molecule has 2 aromatic rings. The number of hydrogen-bond donors (Lipinski definition) is 1. The number of nitrogens with zero attached hydrogens (tertiary/aromatic N) is 4. The van der Waals surface area contributed by atoms with E-state index in [9.17, 15) is 18.0 Å². The smallest absolute Gasteiger partial charge is 0.417 e.